The van der Waals surface area contributed by atoms with Crippen molar-refractivity contribution in [1.82, 2.24) is 15.1 Å². The van der Waals surface area contributed by atoms with Gasteiger partial charge in [0.15, 0.2) is 0 Å². The van der Waals surface area contributed by atoms with Crippen LogP contribution in [0.3, 0.4) is 0 Å². The minimum atomic E-state index is 0.407. The highest BCUT2D eigenvalue weighted by Gasteiger charge is 2.27. The molecule has 0 saturated carbocycles. The highest BCUT2D eigenvalue weighted by atomic mass is 16.5. The minimum Gasteiger partial charge on any atom is -0.379 e. The second kappa shape index (κ2) is 6.20. The Morgan fingerprint density at radius 2 is 2.33 bits per heavy atom. The number of nitrogens with zero attached hydrogens (tertiary/aromatic N) is 2. The Morgan fingerprint density at radius 1 is 1.50 bits per heavy atom. The number of ether oxygens (including phenoxy) is 1. The van der Waals surface area contributed by atoms with E-state index < -0.39 is 0 Å². The van der Waals surface area contributed by atoms with Crippen molar-refractivity contribution in [2.75, 3.05) is 31.6 Å². The first-order chi connectivity index (χ1) is 8.70. The van der Waals surface area contributed by atoms with Crippen molar-refractivity contribution in [3.8, 4) is 0 Å². The van der Waals surface area contributed by atoms with E-state index in [1.165, 1.54) is 0 Å². The van der Waals surface area contributed by atoms with Gasteiger partial charge in [-0.1, -0.05) is 6.92 Å². The summed E-state index contributed by atoms with van der Waals surface area (Å²) in [6.07, 6.45) is 2.01. The normalized spacial score (nSPS) is 23.8. The van der Waals surface area contributed by atoms with E-state index in [0.29, 0.717) is 18.0 Å². The van der Waals surface area contributed by atoms with E-state index in [9.17, 15) is 0 Å². The summed E-state index contributed by atoms with van der Waals surface area (Å²) in [4.78, 5) is 0. The fourth-order valence-electron chi connectivity index (χ4n) is 2.24. The molecule has 2 atom stereocenters. The maximum atomic E-state index is 5.53. The number of likely N-dealkylation sites (N-methyl/N-ethyl adjacent to an activating group) is 1. The molecule has 1 fully saturated rings. The predicted molar refractivity (Wildman–Crippen MR) is 72.9 cm³/mol. The quantitative estimate of drug-likeness (QED) is 0.805. The zero-order chi connectivity index (χ0) is 13.0. The Hall–Kier alpha value is -1.07. The highest BCUT2D eigenvalue weighted by molar-refractivity contribution is 5.32. The predicted octanol–water partition coefficient (Wildman–Crippen LogP) is 1.50. The Labute approximate surface area is 109 Å². The van der Waals surface area contributed by atoms with Crippen molar-refractivity contribution < 1.29 is 4.74 Å². The van der Waals surface area contributed by atoms with Gasteiger partial charge < -0.3 is 15.4 Å². The van der Waals surface area contributed by atoms with Crippen LogP contribution in [0.25, 0.3) is 0 Å². The molecule has 2 heterocycles. The number of rotatable bonds is 6. The van der Waals surface area contributed by atoms with Gasteiger partial charge in [0.1, 0.15) is 5.82 Å². The van der Waals surface area contributed by atoms with Gasteiger partial charge in [-0.3, -0.25) is 4.68 Å². The lowest BCUT2D eigenvalue weighted by Crippen LogP contribution is -2.38. The van der Waals surface area contributed by atoms with E-state index in [4.69, 9.17) is 4.74 Å². The third-order valence-corrected chi connectivity index (χ3v) is 3.35. The number of anilines is 1. The number of hydrogen-bond acceptors (Lipinski definition) is 4. The van der Waals surface area contributed by atoms with Gasteiger partial charge in [0.05, 0.1) is 13.2 Å². The van der Waals surface area contributed by atoms with Gasteiger partial charge in [-0.05, 0) is 20.4 Å². The van der Waals surface area contributed by atoms with Crippen LogP contribution in [-0.4, -0.2) is 42.1 Å². The summed E-state index contributed by atoms with van der Waals surface area (Å²) in [6.45, 7) is 9.94. The molecule has 5 nitrogen and oxygen atoms in total. The summed E-state index contributed by atoms with van der Waals surface area (Å²) < 4.78 is 7.49. The van der Waals surface area contributed by atoms with Crippen LogP contribution in [0.1, 0.15) is 26.8 Å². The van der Waals surface area contributed by atoms with E-state index in [2.05, 4.69) is 36.5 Å². The van der Waals surface area contributed by atoms with Crippen LogP contribution in [0.2, 0.25) is 0 Å². The van der Waals surface area contributed by atoms with E-state index in [-0.39, 0.29) is 0 Å². The first-order valence-electron chi connectivity index (χ1n) is 6.81. The molecule has 0 amide bonds. The molecule has 18 heavy (non-hydrogen) atoms. The molecule has 5 heteroatoms. The molecule has 1 saturated heterocycles. The van der Waals surface area contributed by atoms with E-state index in [0.717, 1.165) is 32.1 Å². The van der Waals surface area contributed by atoms with Crippen LogP contribution < -0.4 is 10.6 Å². The Morgan fingerprint density at radius 3 is 3.00 bits per heavy atom. The first kappa shape index (κ1) is 13.4. The molecule has 1 aromatic rings. The Bertz CT molecular complexity index is 364. The van der Waals surface area contributed by atoms with Crippen LogP contribution in [0.15, 0.2) is 12.3 Å². The molecular formula is C13H24N4O. The standard InChI is InChI=1S/C13H24N4O/c1-4-14-12-9-18-8-11(12)7-15-13-5-6-17(16-13)10(2)3/h5-6,10-12,14H,4,7-9H2,1-3H3,(H,15,16). The molecule has 0 spiro atoms. The maximum Gasteiger partial charge on any atom is 0.148 e. The second-order valence-corrected chi connectivity index (χ2v) is 5.12. The lowest BCUT2D eigenvalue weighted by Gasteiger charge is -2.18. The fraction of sp³-hybridized carbons (Fsp3) is 0.769. The third-order valence-electron chi connectivity index (χ3n) is 3.35. The van der Waals surface area contributed by atoms with Crippen molar-refractivity contribution in [3.05, 3.63) is 12.3 Å². The lowest BCUT2D eigenvalue weighted by atomic mass is 10.0. The van der Waals surface area contributed by atoms with Crippen LogP contribution >= 0.6 is 0 Å². The van der Waals surface area contributed by atoms with Crippen molar-refractivity contribution >= 4 is 5.82 Å². The van der Waals surface area contributed by atoms with Crippen molar-refractivity contribution in [2.24, 2.45) is 5.92 Å². The summed E-state index contributed by atoms with van der Waals surface area (Å²) >= 11 is 0. The van der Waals surface area contributed by atoms with Crippen LogP contribution in [0.5, 0.6) is 0 Å². The van der Waals surface area contributed by atoms with Crippen LogP contribution in [0, 0.1) is 5.92 Å². The average molecular weight is 252 g/mol. The fourth-order valence-corrected chi connectivity index (χ4v) is 2.24. The van der Waals surface area contributed by atoms with Gasteiger partial charge >= 0.3 is 0 Å². The minimum absolute atomic E-state index is 0.407. The van der Waals surface area contributed by atoms with Gasteiger partial charge in [0.25, 0.3) is 0 Å². The van der Waals surface area contributed by atoms with Gasteiger partial charge in [0, 0.05) is 36.8 Å². The molecule has 102 valence electrons. The summed E-state index contributed by atoms with van der Waals surface area (Å²) in [5.74, 6) is 1.47. The lowest BCUT2D eigenvalue weighted by molar-refractivity contribution is 0.183. The van der Waals surface area contributed by atoms with Gasteiger partial charge in [-0.15, -0.1) is 0 Å². The molecule has 0 bridgehead atoms. The van der Waals surface area contributed by atoms with E-state index in [1.54, 1.807) is 0 Å². The third kappa shape index (κ3) is 3.23. The van der Waals surface area contributed by atoms with Crippen molar-refractivity contribution in [2.45, 2.75) is 32.9 Å². The highest BCUT2D eigenvalue weighted by Crippen LogP contribution is 2.15. The first-order valence-corrected chi connectivity index (χ1v) is 6.81. The van der Waals surface area contributed by atoms with Gasteiger partial charge in [0.2, 0.25) is 0 Å². The average Bonchev–Trinajstić information content (AvgIpc) is 2.95. The smallest absolute Gasteiger partial charge is 0.148 e. The van der Waals surface area contributed by atoms with Crippen molar-refractivity contribution in [3.63, 3.8) is 0 Å². The summed E-state index contributed by atoms with van der Waals surface area (Å²) in [7, 11) is 0. The Balaban J connectivity index is 1.83. The number of nitrogens with one attached hydrogen (secondary N) is 2. The molecule has 0 aliphatic carbocycles. The summed E-state index contributed by atoms with van der Waals surface area (Å²) in [6, 6.07) is 2.90. The topological polar surface area (TPSA) is 51.1 Å². The second-order valence-electron chi connectivity index (χ2n) is 5.12. The van der Waals surface area contributed by atoms with Gasteiger partial charge in [-0.25, -0.2) is 0 Å². The molecule has 2 unspecified atom stereocenters. The molecule has 1 aliphatic heterocycles. The largest absolute Gasteiger partial charge is 0.379 e. The summed E-state index contributed by atoms with van der Waals surface area (Å²) in [5.41, 5.74) is 0. The van der Waals surface area contributed by atoms with Crippen LogP contribution in [-0.2, 0) is 4.74 Å². The van der Waals surface area contributed by atoms with Crippen molar-refractivity contribution in [1.29, 1.82) is 0 Å². The number of hydrogen-bond donors (Lipinski definition) is 2. The molecule has 1 aromatic heterocycles. The molecule has 0 radical (unpaired) electrons. The Kier molecular flexibility index (Phi) is 4.60. The SMILES string of the molecule is CCNC1COCC1CNc1ccn(C(C)C)n1. The van der Waals surface area contributed by atoms with E-state index >= 15 is 0 Å². The van der Waals surface area contributed by atoms with Crippen LogP contribution in [0.4, 0.5) is 5.82 Å². The zero-order valence-corrected chi connectivity index (χ0v) is 11.5. The molecule has 2 N–H and O–H groups in total. The van der Waals surface area contributed by atoms with E-state index in [1.807, 2.05) is 16.9 Å². The number of aromatic nitrogens is 2. The zero-order valence-electron chi connectivity index (χ0n) is 11.5. The summed E-state index contributed by atoms with van der Waals surface area (Å²) in [5, 5.41) is 11.3. The molecule has 0 aromatic carbocycles. The maximum absolute atomic E-state index is 5.53. The van der Waals surface area contributed by atoms with Gasteiger partial charge in [-0.2, -0.15) is 5.10 Å². The monoisotopic (exact) mass is 252 g/mol. The molecule has 2 rings (SSSR count). The molecule has 1 aliphatic rings. The molecular weight excluding hydrogens is 228 g/mol.